The minimum atomic E-state index is -0.480. The number of halogens is 1. The van der Waals surface area contributed by atoms with Crippen LogP contribution in [0.5, 0.6) is 5.88 Å². The molecule has 0 spiro atoms. The van der Waals surface area contributed by atoms with E-state index in [4.69, 9.17) is 4.74 Å². The second kappa shape index (κ2) is 6.26. The fraction of sp³-hybridized carbons (Fsp3) is 0.444. The summed E-state index contributed by atoms with van der Waals surface area (Å²) in [6.45, 7) is 1.60. The van der Waals surface area contributed by atoms with E-state index in [-0.39, 0.29) is 23.8 Å². The van der Waals surface area contributed by atoms with Gasteiger partial charge < -0.3 is 14.2 Å². The Morgan fingerprint density at radius 3 is 2.88 bits per heavy atom. The number of amides is 1. The highest BCUT2D eigenvalue weighted by atomic mass is 19.1. The van der Waals surface area contributed by atoms with Gasteiger partial charge in [-0.15, -0.1) is 0 Å². The molecule has 0 aromatic carbocycles. The lowest BCUT2D eigenvalue weighted by Gasteiger charge is -2.32. The van der Waals surface area contributed by atoms with Crippen molar-refractivity contribution < 1.29 is 13.9 Å². The highest BCUT2D eigenvalue weighted by Crippen LogP contribution is 2.30. The zero-order valence-corrected chi connectivity index (χ0v) is 13.4. The van der Waals surface area contributed by atoms with Gasteiger partial charge in [0, 0.05) is 24.0 Å². The number of carbonyl (C=O) groups excluding carboxylic acids is 1. The minimum absolute atomic E-state index is 0.00542. The van der Waals surface area contributed by atoms with Gasteiger partial charge in [-0.1, -0.05) is 6.42 Å². The van der Waals surface area contributed by atoms with Crippen molar-refractivity contribution in [1.82, 2.24) is 14.5 Å². The average Bonchev–Trinajstić information content (AvgIpc) is 2.86. The van der Waals surface area contributed by atoms with Gasteiger partial charge in [-0.2, -0.15) is 0 Å². The number of nitrogens with zero attached hydrogens (tertiary/aromatic N) is 3. The first kappa shape index (κ1) is 15.2. The monoisotopic (exact) mass is 329 g/mol. The number of fused-ring (bicyclic) bond motifs is 1. The molecule has 6 heteroatoms. The molecule has 1 atom stereocenters. The van der Waals surface area contributed by atoms with Crippen LogP contribution < -0.4 is 4.74 Å². The van der Waals surface area contributed by atoms with Crippen molar-refractivity contribution in [3.05, 3.63) is 48.2 Å². The number of aromatic nitrogens is 2. The normalized spacial score (nSPS) is 20.9. The van der Waals surface area contributed by atoms with E-state index >= 15 is 0 Å². The van der Waals surface area contributed by atoms with Crippen LogP contribution in [0.3, 0.4) is 0 Å². The van der Waals surface area contributed by atoms with Crippen molar-refractivity contribution in [2.24, 2.45) is 5.92 Å². The summed E-state index contributed by atoms with van der Waals surface area (Å²) < 4.78 is 21.7. The van der Waals surface area contributed by atoms with Gasteiger partial charge in [0.1, 0.15) is 6.10 Å². The Labute approximate surface area is 140 Å². The molecule has 4 rings (SSSR count). The van der Waals surface area contributed by atoms with Crippen molar-refractivity contribution in [2.45, 2.75) is 38.5 Å². The molecule has 0 radical (unpaired) electrons. The lowest BCUT2D eigenvalue weighted by atomic mass is 9.84. The molecule has 0 saturated heterocycles. The van der Waals surface area contributed by atoms with Crippen LogP contribution in [0.25, 0.3) is 0 Å². The van der Waals surface area contributed by atoms with Crippen LogP contribution in [0, 0.1) is 11.7 Å². The van der Waals surface area contributed by atoms with Crippen molar-refractivity contribution in [3.8, 4) is 5.88 Å². The maximum atomic E-state index is 13.9. The first-order chi connectivity index (χ1) is 11.7. The molecule has 2 aromatic rings. The van der Waals surface area contributed by atoms with Gasteiger partial charge in [0.25, 0.3) is 5.88 Å². The molecule has 5 nitrogen and oxygen atoms in total. The number of carbonyl (C=O) groups is 1. The van der Waals surface area contributed by atoms with Gasteiger partial charge in [0.15, 0.2) is 5.82 Å². The molecule has 0 N–H and O–H groups in total. The third kappa shape index (κ3) is 2.88. The Morgan fingerprint density at radius 1 is 1.25 bits per heavy atom. The van der Waals surface area contributed by atoms with Gasteiger partial charge in [-0.3, -0.25) is 4.79 Å². The molecule has 1 fully saturated rings. The quantitative estimate of drug-likeness (QED) is 0.870. The minimum Gasteiger partial charge on any atom is -0.468 e. The van der Waals surface area contributed by atoms with E-state index in [1.807, 2.05) is 23.2 Å². The fourth-order valence-electron chi connectivity index (χ4n) is 3.33. The molecule has 24 heavy (non-hydrogen) atoms. The summed E-state index contributed by atoms with van der Waals surface area (Å²) in [5, 5.41) is 0. The second-order valence-corrected chi connectivity index (χ2v) is 6.53. The maximum absolute atomic E-state index is 13.9. The predicted molar refractivity (Wildman–Crippen MR) is 85.8 cm³/mol. The average molecular weight is 329 g/mol. The molecule has 126 valence electrons. The molecule has 0 unspecified atom stereocenters. The topological polar surface area (TPSA) is 47.4 Å². The van der Waals surface area contributed by atoms with E-state index in [0.29, 0.717) is 19.6 Å². The molecule has 2 aromatic heterocycles. The van der Waals surface area contributed by atoms with Crippen LogP contribution in [-0.4, -0.2) is 33.0 Å². The number of hydrogen-bond donors (Lipinski definition) is 0. The molecular weight excluding hydrogens is 309 g/mol. The van der Waals surface area contributed by atoms with E-state index in [2.05, 4.69) is 9.55 Å². The van der Waals surface area contributed by atoms with Crippen molar-refractivity contribution >= 4 is 5.91 Å². The summed E-state index contributed by atoms with van der Waals surface area (Å²) >= 11 is 0. The Balaban J connectivity index is 1.57. The highest BCUT2D eigenvalue weighted by Gasteiger charge is 2.33. The van der Waals surface area contributed by atoms with Gasteiger partial charge >= 0.3 is 0 Å². The zero-order valence-electron chi connectivity index (χ0n) is 13.4. The van der Waals surface area contributed by atoms with Crippen LogP contribution in [-0.2, 0) is 17.9 Å². The standard InChI is InChI=1S/C18H20FN3O2/c19-16-7-2-8-20-17(16)24-15-11-21-9-3-6-14(21)10-22(12-15)18(23)13-4-1-5-13/h2-3,6-9,13,15H,1,4-5,10-12H2/t15-/m1/s1. The van der Waals surface area contributed by atoms with Crippen LogP contribution in [0.15, 0.2) is 36.7 Å². The molecule has 1 aliphatic heterocycles. The summed E-state index contributed by atoms with van der Waals surface area (Å²) in [6.07, 6.45) is 6.21. The summed E-state index contributed by atoms with van der Waals surface area (Å²) in [4.78, 5) is 18.5. The Bertz CT molecular complexity index is 741. The van der Waals surface area contributed by atoms with E-state index in [1.54, 1.807) is 0 Å². The van der Waals surface area contributed by atoms with E-state index in [0.717, 1.165) is 25.0 Å². The van der Waals surface area contributed by atoms with Crippen molar-refractivity contribution in [3.63, 3.8) is 0 Å². The van der Waals surface area contributed by atoms with Crippen LogP contribution in [0.1, 0.15) is 25.0 Å². The van der Waals surface area contributed by atoms with Gasteiger partial charge in [-0.25, -0.2) is 9.37 Å². The van der Waals surface area contributed by atoms with Crippen LogP contribution in [0.4, 0.5) is 4.39 Å². The number of ether oxygens (including phenoxy) is 1. The first-order valence-electron chi connectivity index (χ1n) is 8.40. The third-order valence-corrected chi connectivity index (χ3v) is 4.87. The largest absolute Gasteiger partial charge is 0.468 e. The Kier molecular flexibility index (Phi) is 3.96. The second-order valence-electron chi connectivity index (χ2n) is 6.53. The Hall–Kier alpha value is -2.37. The fourth-order valence-corrected chi connectivity index (χ4v) is 3.33. The van der Waals surface area contributed by atoms with E-state index in [1.165, 1.54) is 18.3 Å². The molecule has 2 aliphatic rings. The lowest BCUT2D eigenvalue weighted by Crippen LogP contribution is -2.43. The number of pyridine rings is 1. The molecular formula is C18H20FN3O2. The summed E-state index contributed by atoms with van der Waals surface area (Å²) in [5.41, 5.74) is 1.08. The summed E-state index contributed by atoms with van der Waals surface area (Å²) in [6, 6.07) is 6.85. The molecule has 1 saturated carbocycles. The predicted octanol–water partition coefficient (Wildman–Crippen LogP) is 2.61. The smallest absolute Gasteiger partial charge is 0.250 e. The Morgan fingerprint density at radius 2 is 2.12 bits per heavy atom. The molecule has 0 bridgehead atoms. The zero-order chi connectivity index (χ0) is 16.5. The lowest BCUT2D eigenvalue weighted by molar-refractivity contribution is -0.139. The first-order valence-corrected chi connectivity index (χ1v) is 8.40. The summed E-state index contributed by atoms with van der Waals surface area (Å²) in [5.74, 6) is -0.162. The highest BCUT2D eigenvalue weighted by molar-refractivity contribution is 5.79. The van der Waals surface area contributed by atoms with Gasteiger partial charge in [0.05, 0.1) is 19.6 Å². The molecule has 3 heterocycles. The van der Waals surface area contributed by atoms with Gasteiger partial charge in [-0.05, 0) is 37.1 Å². The van der Waals surface area contributed by atoms with Crippen molar-refractivity contribution in [2.75, 3.05) is 6.54 Å². The summed E-state index contributed by atoms with van der Waals surface area (Å²) in [7, 11) is 0. The SMILES string of the molecule is O=C(C1CCC1)N1Cc2cccn2C[C@@H](Oc2ncccc2F)C1. The van der Waals surface area contributed by atoms with Crippen molar-refractivity contribution in [1.29, 1.82) is 0 Å². The van der Waals surface area contributed by atoms with Gasteiger partial charge in [0.2, 0.25) is 5.91 Å². The van der Waals surface area contributed by atoms with Crippen LogP contribution >= 0.6 is 0 Å². The molecule has 1 amide bonds. The van der Waals surface area contributed by atoms with Crippen LogP contribution in [0.2, 0.25) is 0 Å². The van der Waals surface area contributed by atoms with E-state index < -0.39 is 5.82 Å². The molecule has 1 aliphatic carbocycles. The van der Waals surface area contributed by atoms with E-state index in [9.17, 15) is 9.18 Å². The number of rotatable bonds is 3. The number of hydrogen-bond acceptors (Lipinski definition) is 3. The third-order valence-electron chi connectivity index (χ3n) is 4.87. The maximum Gasteiger partial charge on any atom is 0.250 e.